The van der Waals surface area contributed by atoms with Crippen LogP contribution in [0, 0.1) is 13.8 Å². The number of thiocarbonyl (C=S) groups is 1. The molecule has 2 rings (SSSR count). The maximum atomic E-state index is 6.11. The fourth-order valence-electron chi connectivity index (χ4n) is 1.95. The first-order chi connectivity index (χ1) is 10.4. The molecule has 2 N–H and O–H groups in total. The molecular weight excluding hydrogens is 339 g/mol. The number of aryl methyl sites for hydroxylation is 1. The summed E-state index contributed by atoms with van der Waals surface area (Å²) in [7, 11) is 1.59. The summed E-state index contributed by atoms with van der Waals surface area (Å²) in [4.78, 5) is 0. The van der Waals surface area contributed by atoms with E-state index in [1.165, 1.54) is 0 Å². The van der Waals surface area contributed by atoms with Crippen molar-refractivity contribution in [3.63, 3.8) is 0 Å². The second-order valence-electron chi connectivity index (χ2n) is 4.79. The normalized spacial score (nSPS) is 10.2. The maximum Gasteiger partial charge on any atom is 0.175 e. The van der Waals surface area contributed by atoms with Gasteiger partial charge in [-0.2, -0.15) is 0 Å². The lowest BCUT2D eigenvalue weighted by atomic mass is 10.2. The SMILES string of the molecule is COc1cc(Cl)c(C)cc1NC(=S)Nc1cccc(Cl)c1C. The van der Waals surface area contributed by atoms with Crippen molar-refractivity contribution in [2.75, 3.05) is 17.7 Å². The second kappa shape index (κ2) is 7.18. The monoisotopic (exact) mass is 354 g/mol. The molecule has 116 valence electrons. The van der Waals surface area contributed by atoms with Crippen LogP contribution < -0.4 is 15.4 Å². The predicted molar refractivity (Wildman–Crippen MR) is 98.8 cm³/mol. The summed E-state index contributed by atoms with van der Waals surface area (Å²) < 4.78 is 5.32. The summed E-state index contributed by atoms with van der Waals surface area (Å²) in [6.07, 6.45) is 0. The number of benzene rings is 2. The predicted octanol–water partition coefficient (Wildman–Crippen LogP) is 5.43. The van der Waals surface area contributed by atoms with Crippen LogP contribution in [0.3, 0.4) is 0 Å². The van der Waals surface area contributed by atoms with Gasteiger partial charge in [-0.1, -0.05) is 29.3 Å². The summed E-state index contributed by atoms with van der Waals surface area (Å²) in [5.74, 6) is 0.627. The van der Waals surface area contributed by atoms with Crippen molar-refractivity contribution < 1.29 is 4.74 Å². The molecule has 0 heterocycles. The van der Waals surface area contributed by atoms with Gasteiger partial charge in [0.25, 0.3) is 0 Å². The maximum absolute atomic E-state index is 6.11. The highest BCUT2D eigenvalue weighted by molar-refractivity contribution is 7.80. The van der Waals surface area contributed by atoms with Gasteiger partial charge in [0.1, 0.15) is 5.75 Å². The minimum atomic E-state index is 0.449. The van der Waals surface area contributed by atoms with Crippen molar-refractivity contribution in [1.29, 1.82) is 0 Å². The first-order valence-corrected chi connectivity index (χ1v) is 7.76. The Bertz CT molecular complexity index is 720. The summed E-state index contributed by atoms with van der Waals surface area (Å²) in [5.41, 5.74) is 3.48. The highest BCUT2D eigenvalue weighted by atomic mass is 35.5. The first kappa shape index (κ1) is 16.9. The Hall–Kier alpha value is -1.49. The van der Waals surface area contributed by atoms with Crippen LogP contribution in [0.1, 0.15) is 11.1 Å². The molecule has 3 nitrogen and oxygen atoms in total. The van der Waals surface area contributed by atoms with Gasteiger partial charge in [0, 0.05) is 21.8 Å². The zero-order chi connectivity index (χ0) is 16.3. The van der Waals surface area contributed by atoms with Crippen molar-refractivity contribution >= 4 is 51.9 Å². The molecule has 22 heavy (non-hydrogen) atoms. The third kappa shape index (κ3) is 3.83. The van der Waals surface area contributed by atoms with Gasteiger partial charge in [-0.15, -0.1) is 0 Å². The molecule has 0 atom stereocenters. The minimum absolute atomic E-state index is 0.449. The van der Waals surface area contributed by atoms with E-state index in [2.05, 4.69) is 10.6 Å². The van der Waals surface area contributed by atoms with E-state index in [9.17, 15) is 0 Å². The van der Waals surface area contributed by atoms with Crippen LogP contribution in [0.15, 0.2) is 30.3 Å². The Kier molecular flexibility index (Phi) is 5.51. The van der Waals surface area contributed by atoms with E-state index in [4.69, 9.17) is 40.2 Å². The van der Waals surface area contributed by atoms with Gasteiger partial charge in [0.15, 0.2) is 5.11 Å². The Morgan fingerprint density at radius 3 is 2.41 bits per heavy atom. The summed E-state index contributed by atoms with van der Waals surface area (Å²) in [6.45, 7) is 3.85. The average Bonchev–Trinajstić information content (AvgIpc) is 2.47. The topological polar surface area (TPSA) is 33.3 Å². The van der Waals surface area contributed by atoms with Crippen LogP contribution in [0.2, 0.25) is 10.0 Å². The summed E-state index contributed by atoms with van der Waals surface area (Å²) in [5, 5.41) is 8.03. The van der Waals surface area contributed by atoms with Gasteiger partial charge >= 0.3 is 0 Å². The van der Waals surface area contributed by atoms with Gasteiger partial charge in [0.05, 0.1) is 12.8 Å². The number of ether oxygens (including phenoxy) is 1. The number of anilines is 2. The van der Waals surface area contributed by atoms with Gasteiger partial charge in [0.2, 0.25) is 0 Å². The van der Waals surface area contributed by atoms with E-state index >= 15 is 0 Å². The van der Waals surface area contributed by atoms with Crippen molar-refractivity contribution in [2.24, 2.45) is 0 Å². The van der Waals surface area contributed by atoms with Crippen LogP contribution in [0.5, 0.6) is 5.75 Å². The number of rotatable bonds is 3. The number of hydrogen-bond donors (Lipinski definition) is 2. The van der Waals surface area contributed by atoms with Crippen LogP contribution in [0.25, 0.3) is 0 Å². The molecule has 2 aromatic rings. The molecule has 0 saturated heterocycles. The smallest absolute Gasteiger partial charge is 0.175 e. The van der Waals surface area contributed by atoms with Crippen molar-refractivity contribution in [3.8, 4) is 5.75 Å². The Balaban J connectivity index is 2.19. The lowest BCUT2D eigenvalue weighted by Gasteiger charge is -2.16. The molecular formula is C16H16Cl2N2OS. The molecule has 0 fully saturated rings. The fourth-order valence-corrected chi connectivity index (χ4v) is 2.50. The number of nitrogens with one attached hydrogen (secondary N) is 2. The Morgan fingerprint density at radius 2 is 1.73 bits per heavy atom. The highest BCUT2D eigenvalue weighted by Crippen LogP contribution is 2.31. The van der Waals surface area contributed by atoms with E-state index in [0.29, 0.717) is 20.9 Å². The van der Waals surface area contributed by atoms with Crippen molar-refractivity contribution in [1.82, 2.24) is 0 Å². The lowest BCUT2D eigenvalue weighted by molar-refractivity contribution is 0.417. The highest BCUT2D eigenvalue weighted by Gasteiger charge is 2.10. The molecule has 0 aliphatic heterocycles. The summed E-state index contributed by atoms with van der Waals surface area (Å²) >= 11 is 17.6. The molecule has 0 unspecified atom stereocenters. The minimum Gasteiger partial charge on any atom is -0.495 e. The molecule has 6 heteroatoms. The molecule has 0 aliphatic carbocycles. The van der Waals surface area contributed by atoms with Crippen LogP contribution in [0.4, 0.5) is 11.4 Å². The Morgan fingerprint density at radius 1 is 1.05 bits per heavy atom. The number of hydrogen-bond acceptors (Lipinski definition) is 2. The zero-order valence-electron chi connectivity index (χ0n) is 12.5. The number of methoxy groups -OCH3 is 1. The molecule has 0 amide bonds. The van der Waals surface area contributed by atoms with Gasteiger partial charge in [-0.05, 0) is 55.4 Å². The van der Waals surface area contributed by atoms with Crippen molar-refractivity contribution in [3.05, 3.63) is 51.5 Å². The molecule has 0 aliphatic rings. The van der Waals surface area contributed by atoms with Gasteiger partial charge < -0.3 is 15.4 Å². The first-order valence-electron chi connectivity index (χ1n) is 6.59. The zero-order valence-corrected chi connectivity index (χ0v) is 14.8. The van der Waals surface area contributed by atoms with E-state index in [1.54, 1.807) is 13.2 Å². The lowest BCUT2D eigenvalue weighted by Crippen LogP contribution is -2.20. The van der Waals surface area contributed by atoms with Crippen LogP contribution in [-0.4, -0.2) is 12.2 Å². The van der Waals surface area contributed by atoms with E-state index < -0.39 is 0 Å². The van der Waals surface area contributed by atoms with E-state index in [1.807, 2.05) is 38.1 Å². The number of halogens is 2. The van der Waals surface area contributed by atoms with Crippen LogP contribution >= 0.6 is 35.4 Å². The molecule has 0 radical (unpaired) electrons. The van der Waals surface area contributed by atoms with Gasteiger partial charge in [-0.25, -0.2) is 0 Å². The Labute approximate surface area is 145 Å². The third-order valence-electron chi connectivity index (χ3n) is 3.24. The molecule has 2 aromatic carbocycles. The molecule has 0 aromatic heterocycles. The molecule has 0 spiro atoms. The molecule has 0 bridgehead atoms. The molecule has 0 saturated carbocycles. The largest absolute Gasteiger partial charge is 0.495 e. The fraction of sp³-hybridized carbons (Fsp3) is 0.188. The van der Waals surface area contributed by atoms with E-state index in [0.717, 1.165) is 22.5 Å². The van der Waals surface area contributed by atoms with E-state index in [-0.39, 0.29) is 0 Å². The second-order valence-corrected chi connectivity index (χ2v) is 6.02. The standard InChI is InChI=1S/C16H16Cl2N2OS/c1-9-7-14(15(21-3)8-12(9)18)20-16(22)19-13-6-4-5-11(17)10(13)2/h4-8H,1-3H3,(H2,19,20,22). The van der Waals surface area contributed by atoms with Crippen LogP contribution in [-0.2, 0) is 0 Å². The average molecular weight is 355 g/mol. The van der Waals surface area contributed by atoms with Crippen molar-refractivity contribution in [2.45, 2.75) is 13.8 Å². The van der Waals surface area contributed by atoms with Gasteiger partial charge in [-0.3, -0.25) is 0 Å². The third-order valence-corrected chi connectivity index (χ3v) is 4.27. The quantitative estimate of drug-likeness (QED) is 0.720. The summed E-state index contributed by atoms with van der Waals surface area (Å²) in [6, 6.07) is 9.27.